The topological polar surface area (TPSA) is 0 Å². The molecule has 0 nitrogen and oxygen atoms in total. The quantitative estimate of drug-likeness (QED) is 0.201. The van der Waals surface area contributed by atoms with Crippen molar-refractivity contribution in [3.63, 3.8) is 0 Å². The first-order valence-electron chi connectivity index (χ1n) is 1.84. The Labute approximate surface area is 118 Å². The maximum absolute atomic E-state index is 5.17. The van der Waals surface area contributed by atoms with Gasteiger partial charge in [0.25, 0.3) is 0 Å². The van der Waals surface area contributed by atoms with E-state index in [-0.39, 0.29) is 0 Å². The molecule has 0 unspecified atom stereocenters. The van der Waals surface area contributed by atoms with Crippen LogP contribution in [0.2, 0.25) is 0 Å². The summed E-state index contributed by atoms with van der Waals surface area (Å²) in [6.07, 6.45) is 0. The SMILES string of the molecule is S=S(=S)(S)[I-]S(=S)(=S)S(=S)(=S)S. The average molecular weight is 482 g/mol. The van der Waals surface area contributed by atoms with E-state index < -0.39 is 30.3 Å². The fourth-order valence-electron chi connectivity index (χ4n) is 0.130. The zero-order valence-corrected chi connectivity index (χ0v) is 16.2. The second kappa shape index (κ2) is 5.42. The van der Waals surface area contributed by atoms with Gasteiger partial charge in [0.15, 0.2) is 0 Å². The van der Waals surface area contributed by atoms with Gasteiger partial charge in [-0.2, -0.15) is 0 Å². The van der Waals surface area contributed by atoms with E-state index in [9.17, 15) is 0 Å². The average Bonchev–Trinajstić information content (AvgIpc) is 1.52. The molecule has 0 heterocycles. The molecule has 0 fully saturated rings. The van der Waals surface area contributed by atoms with Crippen LogP contribution in [0.1, 0.15) is 0 Å². The zero-order valence-electron chi connectivity index (χ0n) is 4.95. The molecule has 0 aromatic carbocycles. The van der Waals surface area contributed by atoms with Gasteiger partial charge in [-0.3, -0.25) is 0 Å². The van der Waals surface area contributed by atoms with Gasteiger partial charge in [0, 0.05) is 0 Å². The van der Waals surface area contributed by atoms with Crippen LogP contribution in [0, 0.1) is 0 Å². The van der Waals surface area contributed by atoms with Gasteiger partial charge in [-0.25, -0.2) is 0 Å². The van der Waals surface area contributed by atoms with E-state index in [1.807, 2.05) is 0 Å². The molecule has 0 aliphatic rings. The molecule has 0 spiro atoms. The van der Waals surface area contributed by atoms with E-state index in [4.69, 9.17) is 67.1 Å². The Balaban J connectivity index is 5.25. The normalized spacial score (nSPS) is 14.8. The fourth-order valence-corrected chi connectivity index (χ4v) is 70.6. The molecule has 76 valence electrons. The van der Waals surface area contributed by atoms with E-state index in [0.717, 1.165) is 0 Å². The predicted molar refractivity (Wildman–Crippen MR) is 84.3 cm³/mol. The molecule has 0 amide bonds. The third kappa shape index (κ3) is 6.40. The first-order valence-corrected chi connectivity index (χ1v) is 20.0. The van der Waals surface area contributed by atoms with Crippen molar-refractivity contribution in [1.82, 2.24) is 0 Å². The van der Waals surface area contributed by atoms with Gasteiger partial charge in [-0.15, -0.1) is 0 Å². The molecule has 0 atom stereocenters. The number of hydrogen-bond donors (Lipinski definition) is 2. The van der Waals surface area contributed by atoms with Gasteiger partial charge in [0.1, 0.15) is 0 Å². The molecule has 0 N–H and O–H groups in total. The number of hydrogen-bond acceptors (Lipinski definition) is 6. The van der Waals surface area contributed by atoms with Crippen LogP contribution >= 0.6 is 23.3 Å². The van der Waals surface area contributed by atoms with Gasteiger partial charge >= 0.3 is 121 Å². The minimum absolute atomic E-state index is 0.712. The van der Waals surface area contributed by atoms with Gasteiger partial charge in [-0.1, -0.05) is 0 Å². The molecule has 0 aliphatic carbocycles. The third-order valence-electron chi connectivity index (χ3n) is 0.408. The first-order chi connectivity index (χ1) is 4.96. The van der Waals surface area contributed by atoms with Crippen molar-refractivity contribution in [2.45, 2.75) is 0 Å². The van der Waals surface area contributed by atoms with Crippen molar-refractivity contribution in [3.05, 3.63) is 0 Å². The van der Waals surface area contributed by atoms with E-state index in [0.29, 0.717) is 0 Å². The van der Waals surface area contributed by atoms with Crippen molar-refractivity contribution < 1.29 is 18.4 Å². The molecule has 12 heteroatoms. The first kappa shape index (κ1) is 15.8. The molecular weight excluding hydrogens is 480 g/mol. The Morgan fingerprint density at radius 2 is 1.17 bits per heavy atom. The van der Waals surface area contributed by atoms with Crippen LogP contribution in [0.3, 0.4) is 0 Å². The molecule has 0 aliphatic heterocycles. The molecule has 0 aromatic heterocycles. The molecular formula is H2IS11-. The number of rotatable bonds is 3. The maximum atomic E-state index is 5.17. The zero-order chi connectivity index (χ0) is 10.2. The summed E-state index contributed by atoms with van der Waals surface area (Å²) in [5.41, 5.74) is 0. The molecule has 0 saturated heterocycles. The summed E-state index contributed by atoms with van der Waals surface area (Å²) < 4.78 is -3.58. The van der Waals surface area contributed by atoms with Crippen molar-refractivity contribution in [2.75, 3.05) is 0 Å². The van der Waals surface area contributed by atoms with Gasteiger partial charge in [0.2, 0.25) is 0 Å². The van der Waals surface area contributed by atoms with Crippen molar-refractivity contribution in [2.24, 2.45) is 0 Å². The second-order valence-electron chi connectivity index (χ2n) is 1.30. The van der Waals surface area contributed by atoms with Crippen molar-refractivity contribution in [3.8, 4) is 0 Å². The van der Waals surface area contributed by atoms with Gasteiger partial charge < -0.3 is 0 Å². The Morgan fingerprint density at radius 1 is 0.833 bits per heavy atom. The number of halogens is 1. The third-order valence-corrected chi connectivity index (χ3v) is 56.7. The monoisotopic (exact) mass is 481 g/mol. The summed E-state index contributed by atoms with van der Waals surface area (Å²) in [7, 11) is 0. The minimum atomic E-state index is -1.97. The summed E-state index contributed by atoms with van der Waals surface area (Å²) >= 11 is 37.8. The molecule has 0 aromatic rings. The summed E-state index contributed by atoms with van der Waals surface area (Å²) in [5, 5.41) is -1.97. The van der Waals surface area contributed by atoms with Crippen LogP contribution in [0.15, 0.2) is 0 Å². The van der Waals surface area contributed by atoms with Crippen LogP contribution in [-0.2, 0) is 79.0 Å². The molecule has 0 rings (SSSR count). The summed E-state index contributed by atoms with van der Waals surface area (Å²) in [6.45, 7) is 0. The van der Waals surface area contributed by atoms with Crippen molar-refractivity contribution >= 4 is 102 Å². The second-order valence-corrected chi connectivity index (χ2v) is 49.9. The van der Waals surface area contributed by atoms with Gasteiger partial charge in [-0.05, 0) is 0 Å². The van der Waals surface area contributed by atoms with E-state index in [1.165, 1.54) is 0 Å². The standard InChI is InChI=1S/H2IS11/c2-10(3,4)1-11(5,6)12(7,8)9/h(H,2,3,4)(H,7,8,9)/q-1. The van der Waals surface area contributed by atoms with E-state index in [1.54, 1.807) is 0 Å². The van der Waals surface area contributed by atoms with Crippen LogP contribution < -0.4 is 18.4 Å². The summed E-state index contributed by atoms with van der Waals surface area (Å²) in [4.78, 5) is 0. The van der Waals surface area contributed by atoms with Crippen LogP contribution in [0.5, 0.6) is 0 Å². The molecule has 0 radical (unpaired) electrons. The number of thiol groups is 2. The predicted octanol–water partition coefficient (Wildman–Crippen LogP) is -2.26. The van der Waals surface area contributed by atoms with E-state index >= 15 is 0 Å². The molecule has 0 bridgehead atoms. The Hall–Kier alpha value is 3.80. The molecule has 12 heavy (non-hydrogen) atoms. The summed E-state index contributed by atoms with van der Waals surface area (Å²) in [5.74, 6) is 0. The van der Waals surface area contributed by atoms with Crippen LogP contribution in [0.25, 0.3) is 0 Å². The van der Waals surface area contributed by atoms with E-state index in [2.05, 4.69) is 23.3 Å². The van der Waals surface area contributed by atoms with Crippen LogP contribution in [-0.4, -0.2) is 0 Å². The Bertz CT molecular complexity index is 435. The Morgan fingerprint density at radius 3 is 1.25 bits per heavy atom. The Kier molecular flexibility index (Phi) is 7.14. The summed E-state index contributed by atoms with van der Waals surface area (Å²) in [6, 6.07) is 0. The van der Waals surface area contributed by atoms with Crippen molar-refractivity contribution in [1.29, 1.82) is 0 Å². The fraction of sp³-hybridized carbons (Fsp3) is 0. The van der Waals surface area contributed by atoms with Gasteiger partial charge in [0.05, 0.1) is 0 Å². The van der Waals surface area contributed by atoms with Crippen LogP contribution in [0.4, 0.5) is 0 Å². The molecule has 0 saturated carbocycles.